The van der Waals surface area contributed by atoms with E-state index >= 15 is 0 Å². The lowest BCUT2D eigenvalue weighted by Crippen LogP contribution is -2.17. The Labute approximate surface area is 114 Å². The molecule has 0 aliphatic rings. The zero-order valence-electron chi connectivity index (χ0n) is 10.8. The van der Waals surface area contributed by atoms with E-state index in [1.54, 1.807) is 7.05 Å². The molecular weight excluding hydrogens is 263 g/mol. The summed E-state index contributed by atoms with van der Waals surface area (Å²) in [6.07, 6.45) is 1.31. The molecule has 0 spiro atoms. The molecule has 0 unspecified atom stereocenters. The zero-order valence-corrected chi connectivity index (χ0v) is 10.8. The third-order valence-corrected chi connectivity index (χ3v) is 2.71. The predicted molar refractivity (Wildman–Crippen MR) is 68.8 cm³/mol. The summed E-state index contributed by atoms with van der Waals surface area (Å²) >= 11 is 0. The number of hydrogen-bond donors (Lipinski definition) is 1. The normalized spacial score (nSPS) is 9.90. The van der Waals surface area contributed by atoms with Crippen LogP contribution >= 0.6 is 0 Å². The van der Waals surface area contributed by atoms with E-state index < -0.39 is 11.7 Å². The first-order chi connectivity index (χ1) is 9.58. The first-order valence-corrected chi connectivity index (χ1v) is 5.64. The van der Waals surface area contributed by atoms with Crippen molar-refractivity contribution >= 4 is 11.7 Å². The number of benzene rings is 1. The Bertz CT molecular complexity index is 703. The van der Waals surface area contributed by atoms with Gasteiger partial charge in [0, 0.05) is 7.05 Å². The number of halogens is 1. The van der Waals surface area contributed by atoms with Gasteiger partial charge in [-0.2, -0.15) is 10.4 Å². The van der Waals surface area contributed by atoms with Crippen molar-refractivity contribution < 1.29 is 13.9 Å². The number of methoxy groups -OCH3 is 1. The number of carbonyl (C=O) groups excluding carboxylic acids is 1. The van der Waals surface area contributed by atoms with Crippen LogP contribution in [-0.2, 0) is 7.05 Å². The van der Waals surface area contributed by atoms with Gasteiger partial charge in [-0.05, 0) is 12.1 Å². The van der Waals surface area contributed by atoms with Crippen LogP contribution < -0.4 is 10.1 Å². The Hall–Kier alpha value is -2.88. The number of nitrogens with one attached hydrogen (secondary N) is 1. The Morgan fingerprint density at radius 1 is 1.55 bits per heavy atom. The van der Waals surface area contributed by atoms with Crippen molar-refractivity contribution in [1.82, 2.24) is 9.78 Å². The van der Waals surface area contributed by atoms with Gasteiger partial charge in [0.1, 0.15) is 34.6 Å². The molecule has 6 nitrogen and oxygen atoms in total. The molecule has 102 valence electrons. The van der Waals surface area contributed by atoms with Crippen LogP contribution in [0.4, 0.5) is 10.2 Å². The molecule has 2 rings (SSSR count). The SMILES string of the molecule is COc1cccc(F)c1C(=O)Nc1c(C#N)cnn1C. The van der Waals surface area contributed by atoms with Gasteiger partial charge in [-0.3, -0.25) is 9.48 Å². The van der Waals surface area contributed by atoms with E-state index in [0.717, 1.165) is 6.07 Å². The molecule has 0 saturated carbocycles. The summed E-state index contributed by atoms with van der Waals surface area (Å²) in [5.74, 6) is -1.10. The molecule has 7 heteroatoms. The van der Waals surface area contributed by atoms with Crippen molar-refractivity contribution in [2.45, 2.75) is 0 Å². The highest BCUT2D eigenvalue weighted by molar-refractivity contribution is 6.06. The van der Waals surface area contributed by atoms with Gasteiger partial charge >= 0.3 is 0 Å². The third kappa shape index (κ3) is 2.31. The fourth-order valence-corrected chi connectivity index (χ4v) is 1.73. The van der Waals surface area contributed by atoms with Crippen LogP contribution in [0.2, 0.25) is 0 Å². The molecule has 0 radical (unpaired) electrons. The molecule has 0 atom stereocenters. The van der Waals surface area contributed by atoms with Gasteiger partial charge in [-0.15, -0.1) is 0 Å². The van der Waals surface area contributed by atoms with Crippen molar-refractivity contribution in [3.05, 3.63) is 41.3 Å². The summed E-state index contributed by atoms with van der Waals surface area (Å²) in [5, 5.41) is 15.2. The summed E-state index contributed by atoms with van der Waals surface area (Å²) in [4.78, 5) is 12.2. The third-order valence-electron chi connectivity index (χ3n) is 2.71. The fourth-order valence-electron chi connectivity index (χ4n) is 1.73. The van der Waals surface area contributed by atoms with Crippen molar-refractivity contribution in [3.63, 3.8) is 0 Å². The molecule has 1 amide bonds. The molecule has 20 heavy (non-hydrogen) atoms. The second kappa shape index (κ2) is 5.40. The zero-order chi connectivity index (χ0) is 14.7. The molecule has 0 aliphatic heterocycles. The van der Waals surface area contributed by atoms with Gasteiger partial charge in [-0.25, -0.2) is 4.39 Å². The summed E-state index contributed by atoms with van der Waals surface area (Å²) in [5.41, 5.74) is -0.0313. The number of nitrogens with zero attached hydrogens (tertiary/aromatic N) is 3. The number of aromatic nitrogens is 2. The summed E-state index contributed by atoms with van der Waals surface area (Å²) in [6.45, 7) is 0. The fraction of sp³-hybridized carbons (Fsp3) is 0.154. The number of aryl methyl sites for hydroxylation is 1. The van der Waals surface area contributed by atoms with E-state index in [0.29, 0.717) is 0 Å². The van der Waals surface area contributed by atoms with E-state index in [1.807, 2.05) is 6.07 Å². The standard InChI is InChI=1S/C13H11FN4O2/c1-18-12(8(6-15)7-16-18)17-13(19)11-9(14)4-3-5-10(11)20-2/h3-5,7H,1-2H3,(H,17,19). The molecule has 0 fully saturated rings. The Morgan fingerprint density at radius 3 is 2.95 bits per heavy atom. The lowest BCUT2D eigenvalue weighted by molar-refractivity contribution is 0.101. The number of anilines is 1. The Balaban J connectivity index is 2.39. The second-order valence-corrected chi connectivity index (χ2v) is 3.91. The minimum atomic E-state index is -0.708. The molecule has 0 bridgehead atoms. The lowest BCUT2D eigenvalue weighted by Gasteiger charge is -2.10. The van der Waals surface area contributed by atoms with Crippen LogP contribution in [0.15, 0.2) is 24.4 Å². The van der Waals surface area contributed by atoms with Crippen LogP contribution in [-0.4, -0.2) is 22.8 Å². The number of carbonyl (C=O) groups is 1. The van der Waals surface area contributed by atoms with Gasteiger partial charge in [0.15, 0.2) is 0 Å². The van der Waals surface area contributed by atoms with Gasteiger partial charge in [0.2, 0.25) is 0 Å². The molecule has 1 N–H and O–H groups in total. The molecule has 1 heterocycles. The lowest BCUT2D eigenvalue weighted by atomic mass is 10.1. The van der Waals surface area contributed by atoms with E-state index in [1.165, 1.54) is 30.1 Å². The number of nitriles is 1. The van der Waals surface area contributed by atoms with Crippen LogP contribution in [0.1, 0.15) is 15.9 Å². The summed E-state index contributed by atoms with van der Waals surface area (Å²) in [7, 11) is 2.91. The number of rotatable bonds is 3. The van der Waals surface area contributed by atoms with Crippen molar-refractivity contribution in [2.75, 3.05) is 12.4 Å². The van der Waals surface area contributed by atoms with Gasteiger partial charge in [0.25, 0.3) is 5.91 Å². The number of hydrogen-bond acceptors (Lipinski definition) is 4. The van der Waals surface area contributed by atoms with Crippen LogP contribution in [0, 0.1) is 17.1 Å². The maximum Gasteiger partial charge on any atom is 0.263 e. The number of amides is 1. The highest BCUT2D eigenvalue weighted by Gasteiger charge is 2.20. The Morgan fingerprint density at radius 2 is 2.30 bits per heavy atom. The highest BCUT2D eigenvalue weighted by atomic mass is 19.1. The minimum absolute atomic E-state index is 0.114. The van der Waals surface area contributed by atoms with E-state index in [2.05, 4.69) is 10.4 Å². The highest BCUT2D eigenvalue weighted by Crippen LogP contribution is 2.23. The van der Waals surface area contributed by atoms with Crippen LogP contribution in [0.25, 0.3) is 0 Å². The average Bonchev–Trinajstić information content (AvgIpc) is 2.79. The van der Waals surface area contributed by atoms with Crippen LogP contribution in [0.3, 0.4) is 0 Å². The first-order valence-electron chi connectivity index (χ1n) is 5.64. The second-order valence-electron chi connectivity index (χ2n) is 3.91. The maximum absolute atomic E-state index is 13.8. The predicted octanol–water partition coefficient (Wildman–Crippen LogP) is 1.69. The van der Waals surface area contributed by atoms with Gasteiger partial charge in [0.05, 0.1) is 13.3 Å². The molecular formula is C13H11FN4O2. The van der Waals surface area contributed by atoms with Crippen LogP contribution in [0.5, 0.6) is 5.75 Å². The van der Waals surface area contributed by atoms with E-state index in [-0.39, 0.29) is 22.7 Å². The topological polar surface area (TPSA) is 79.9 Å². The molecule has 1 aromatic heterocycles. The summed E-state index contributed by atoms with van der Waals surface area (Å²) in [6, 6.07) is 5.97. The summed E-state index contributed by atoms with van der Waals surface area (Å²) < 4.78 is 20.1. The van der Waals surface area contributed by atoms with Gasteiger partial charge < -0.3 is 10.1 Å². The first kappa shape index (κ1) is 13.5. The molecule has 1 aromatic carbocycles. The Kier molecular flexibility index (Phi) is 3.66. The maximum atomic E-state index is 13.8. The minimum Gasteiger partial charge on any atom is -0.496 e. The largest absolute Gasteiger partial charge is 0.496 e. The van der Waals surface area contributed by atoms with Crippen molar-refractivity contribution in [1.29, 1.82) is 5.26 Å². The molecule has 2 aromatic rings. The monoisotopic (exact) mass is 274 g/mol. The van der Waals surface area contributed by atoms with Gasteiger partial charge in [-0.1, -0.05) is 6.07 Å². The number of ether oxygens (including phenoxy) is 1. The molecule has 0 saturated heterocycles. The van der Waals surface area contributed by atoms with Crippen molar-refractivity contribution in [2.24, 2.45) is 7.05 Å². The quantitative estimate of drug-likeness (QED) is 0.923. The van der Waals surface area contributed by atoms with Crippen molar-refractivity contribution in [3.8, 4) is 11.8 Å². The smallest absolute Gasteiger partial charge is 0.263 e. The van der Waals surface area contributed by atoms with E-state index in [4.69, 9.17) is 10.00 Å². The van der Waals surface area contributed by atoms with E-state index in [9.17, 15) is 9.18 Å². The average molecular weight is 274 g/mol. The molecule has 0 aliphatic carbocycles.